The molecule has 2 N–H and O–H groups in total. The smallest absolute Gasteiger partial charge is 0.261 e. The molecule has 0 radical (unpaired) electrons. The van der Waals surface area contributed by atoms with Gasteiger partial charge in [-0.25, -0.2) is 8.42 Å². The number of nitrogens with one attached hydrogen (secondary N) is 2. The second-order valence-electron chi connectivity index (χ2n) is 8.53. The maximum atomic E-state index is 13.5. The minimum absolute atomic E-state index is 0.182. The Hall–Kier alpha value is -3.66. The molecule has 0 fully saturated rings. The molecule has 0 saturated heterocycles. The van der Waals surface area contributed by atoms with Gasteiger partial charge in [-0.15, -0.1) is 11.8 Å². The van der Waals surface area contributed by atoms with Crippen molar-refractivity contribution in [3.05, 3.63) is 107 Å². The van der Waals surface area contributed by atoms with Crippen molar-refractivity contribution in [2.24, 2.45) is 0 Å². The lowest BCUT2D eigenvalue weighted by Gasteiger charge is -2.19. The van der Waals surface area contributed by atoms with E-state index < -0.39 is 15.3 Å². The molecule has 1 unspecified atom stereocenters. The maximum absolute atomic E-state index is 13.5. The third kappa shape index (κ3) is 7.06. The molecule has 7 nitrogen and oxygen atoms in total. The van der Waals surface area contributed by atoms with E-state index in [-0.39, 0.29) is 10.8 Å². The van der Waals surface area contributed by atoms with Crippen molar-refractivity contribution in [2.45, 2.75) is 22.0 Å². The molecule has 1 atom stereocenters. The number of thioether (sulfide) groups is 1. The van der Waals surface area contributed by atoms with Gasteiger partial charge in [0.05, 0.1) is 29.8 Å². The summed E-state index contributed by atoms with van der Waals surface area (Å²) in [6.45, 7) is 1.89. The fourth-order valence-corrected chi connectivity index (χ4v) is 6.05. The Bertz CT molecular complexity index is 1550. The largest absolute Gasteiger partial charge is 0.495 e. The first-order chi connectivity index (χ1) is 18.7. The summed E-state index contributed by atoms with van der Waals surface area (Å²) in [4.78, 5) is 14.5. The van der Waals surface area contributed by atoms with Gasteiger partial charge in [-0.3, -0.25) is 9.52 Å². The Morgan fingerprint density at radius 2 is 1.51 bits per heavy atom. The molecule has 4 aromatic rings. The third-order valence-corrected chi connectivity index (χ3v) is 8.72. The highest BCUT2D eigenvalue weighted by molar-refractivity contribution is 8.00. The molecule has 0 aromatic heterocycles. The lowest BCUT2D eigenvalue weighted by Crippen LogP contribution is -2.19. The molecular formula is C29H27ClN2O5S2. The molecule has 0 aliphatic carbocycles. The molecule has 4 rings (SSSR count). The molecule has 4 aromatic carbocycles. The van der Waals surface area contributed by atoms with Crippen LogP contribution in [0.2, 0.25) is 5.02 Å². The van der Waals surface area contributed by atoms with Crippen LogP contribution in [0.5, 0.6) is 11.5 Å². The van der Waals surface area contributed by atoms with Gasteiger partial charge in [0.15, 0.2) is 0 Å². The summed E-state index contributed by atoms with van der Waals surface area (Å²) in [5, 5.41) is 2.64. The van der Waals surface area contributed by atoms with Crippen LogP contribution >= 0.6 is 23.4 Å². The Labute approximate surface area is 237 Å². The van der Waals surface area contributed by atoms with Gasteiger partial charge >= 0.3 is 0 Å². The van der Waals surface area contributed by atoms with E-state index in [0.717, 1.165) is 16.0 Å². The van der Waals surface area contributed by atoms with Gasteiger partial charge in [-0.2, -0.15) is 0 Å². The van der Waals surface area contributed by atoms with E-state index in [0.29, 0.717) is 27.9 Å². The SMILES string of the molecule is COc1cc(OC)c(NC(=O)C(Sc2ccc(NS(=O)(=O)c3ccc(C)cc3)cc2)c2ccccc2)cc1Cl. The number of anilines is 2. The van der Waals surface area contributed by atoms with Crippen LogP contribution in [0.3, 0.4) is 0 Å². The Morgan fingerprint density at radius 3 is 2.13 bits per heavy atom. The van der Waals surface area contributed by atoms with Crippen LogP contribution in [0.4, 0.5) is 11.4 Å². The molecule has 202 valence electrons. The van der Waals surface area contributed by atoms with Crippen molar-refractivity contribution >= 4 is 50.7 Å². The molecule has 39 heavy (non-hydrogen) atoms. The van der Waals surface area contributed by atoms with Crippen LogP contribution in [0.25, 0.3) is 0 Å². The summed E-state index contributed by atoms with van der Waals surface area (Å²) in [7, 11) is -0.729. The summed E-state index contributed by atoms with van der Waals surface area (Å²) < 4.78 is 38.7. The van der Waals surface area contributed by atoms with Gasteiger partial charge in [-0.05, 0) is 55.0 Å². The molecule has 0 aliphatic heterocycles. The molecule has 0 spiro atoms. The van der Waals surface area contributed by atoms with Crippen molar-refractivity contribution in [3.8, 4) is 11.5 Å². The lowest BCUT2D eigenvalue weighted by molar-refractivity contribution is -0.115. The topological polar surface area (TPSA) is 93.7 Å². The van der Waals surface area contributed by atoms with Gasteiger partial charge in [-0.1, -0.05) is 59.6 Å². The molecule has 0 bridgehead atoms. The van der Waals surface area contributed by atoms with E-state index in [4.69, 9.17) is 21.1 Å². The maximum Gasteiger partial charge on any atom is 0.261 e. The quantitative estimate of drug-likeness (QED) is 0.197. The first-order valence-electron chi connectivity index (χ1n) is 11.8. The van der Waals surface area contributed by atoms with E-state index in [9.17, 15) is 13.2 Å². The van der Waals surface area contributed by atoms with Gasteiger partial charge in [0.25, 0.3) is 10.0 Å². The summed E-state index contributed by atoms with van der Waals surface area (Å²) >= 11 is 7.62. The number of halogens is 1. The van der Waals surface area contributed by atoms with Crippen molar-refractivity contribution in [1.29, 1.82) is 0 Å². The standard InChI is InChI=1S/C29H27ClN2O5S2/c1-19-9-15-23(16-10-19)39(34,35)32-21-11-13-22(14-12-21)38-28(20-7-5-4-6-8-20)29(33)31-25-17-24(30)26(36-2)18-27(25)37-3/h4-18,28,32H,1-3H3,(H,31,33). The Morgan fingerprint density at radius 1 is 0.872 bits per heavy atom. The normalized spacial score (nSPS) is 11.9. The molecule has 0 heterocycles. The molecule has 0 aliphatic rings. The van der Waals surface area contributed by atoms with Crippen molar-refractivity contribution < 1.29 is 22.7 Å². The second kappa shape index (κ2) is 12.5. The number of benzene rings is 4. The molecular weight excluding hydrogens is 556 g/mol. The van der Waals surface area contributed by atoms with Crippen molar-refractivity contribution in [1.82, 2.24) is 0 Å². The third-order valence-electron chi connectivity index (χ3n) is 5.76. The number of carbonyl (C=O) groups is 1. The number of ether oxygens (including phenoxy) is 2. The van der Waals surface area contributed by atoms with E-state index in [1.54, 1.807) is 60.7 Å². The predicted molar refractivity (Wildman–Crippen MR) is 157 cm³/mol. The number of sulfonamides is 1. The average molecular weight is 583 g/mol. The first kappa shape index (κ1) is 28.4. The molecule has 10 heteroatoms. The number of hydrogen-bond donors (Lipinski definition) is 2. The second-order valence-corrected chi connectivity index (χ2v) is 11.8. The number of amides is 1. The van der Waals surface area contributed by atoms with Crippen LogP contribution in [0.1, 0.15) is 16.4 Å². The van der Waals surface area contributed by atoms with E-state index >= 15 is 0 Å². The van der Waals surface area contributed by atoms with Crippen LogP contribution in [-0.4, -0.2) is 28.5 Å². The van der Waals surface area contributed by atoms with Crippen LogP contribution in [0.15, 0.2) is 101 Å². The highest BCUT2D eigenvalue weighted by Crippen LogP contribution is 2.40. The zero-order chi connectivity index (χ0) is 28.0. The lowest BCUT2D eigenvalue weighted by atomic mass is 10.1. The fourth-order valence-electron chi connectivity index (χ4n) is 3.73. The number of methoxy groups -OCH3 is 2. The highest BCUT2D eigenvalue weighted by Gasteiger charge is 2.24. The predicted octanol–water partition coefficient (Wildman–Crippen LogP) is 6.94. The fraction of sp³-hybridized carbons (Fsp3) is 0.138. The zero-order valence-electron chi connectivity index (χ0n) is 21.5. The Balaban J connectivity index is 1.55. The summed E-state index contributed by atoms with van der Waals surface area (Å²) in [5.74, 6) is 0.556. The molecule has 0 saturated carbocycles. The van der Waals surface area contributed by atoms with Gasteiger partial charge in [0.1, 0.15) is 16.7 Å². The minimum Gasteiger partial charge on any atom is -0.495 e. The first-order valence-corrected chi connectivity index (χ1v) is 14.6. The van der Waals surface area contributed by atoms with Gasteiger partial charge < -0.3 is 14.8 Å². The van der Waals surface area contributed by atoms with Crippen LogP contribution in [-0.2, 0) is 14.8 Å². The van der Waals surface area contributed by atoms with E-state index in [2.05, 4.69) is 10.0 Å². The number of aryl methyl sites for hydroxylation is 1. The number of rotatable bonds is 10. The van der Waals surface area contributed by atoms with E-state index in [1.807, 2.05) is 37.3 Å². The van der Waals surface area contributed by atoms with Gasteiger partial charge in [0.2, 0.25) is 5.91 Å². The van der Waals surface area contributed by atoms with E-state index in [1.165, 1.54) is 26.0 Å². The highest BCUT2D eigenvalue weighted by atomic mass is 35.5. The van der Waals surface area contributed by atoms with Crippen LogP contribution in [0, 0.1) is 6.92 Å². The van der Waals surface area contributed by atoms with Crippen molar-refractivity contribution in [3.63, 3.8) is 0 Å². The number of carbonyl (C=O) groups excluding carboxylic acids is 1. The summed E-state index contributed by atoms with van der Waals surface area (Å²) in [5.41, 5.74) is 2.59. The van der Waals surface area contributed by atoms with Gasteiger partial charge in [0, 0.05) is 16.6 Å². The summed E-state index contributed by atoms with van der Waals surface area (Å²) in [6.07, 6.45) is 0. The Kier molecular flexibility index (Phi) is 9.06. The monoisotopic (exact) mass is 582 g/mol. The average Bonchev–Trinajstić information content (AvgIpc) is 2.93. The number of hydrogen-bond acceptors (Lipinski definition) is 6. The van der Waals surface area contributed by atoms with Crippen molar-refractivity contribution in [2.75, 3.05) is 24.3 Å². The minimum atomic E-state index is -3.72. The molecule has 1 amide bonds. The zero-order valence-corrected chi connectivity index (χ0v) is 23.9. The van der Waals surface area contributed by atoms with Crippen LogP contribution < -0.4 is 19.5 Å². The summed E-state index contributed by atoms with van der Waals surface area (Å²) in [6, 6.07) is 26.1.